The van der Waals surface area contributed by atoms with Crippen LogP contribution >= 0.6 is 12.2 Å². The van der Waals surface area contributed by atoms with Crippen molar-refractivity contribution in [1.82, 2.24) is 20.1 Å². The molecule has 8 heteroatoms. The topological polar surface area (TPSA) is 83.0 Å². The minimum Gasteiger partial charge on any atom is -0.352 e. The lowest BCUT2D eigenvalue weighted by Crippen LogP contribution is -2.27. The van der Waals surface area contributed by atoms with Crippen LogP contribution in [0.3, 0.4) is 0 Å². The van der Waals surface area contributed by atoms with Gasteiger partial charge in [-0.15, -0.1) is 0 Å². The highest BCUT2D eigenvalue weighted by atomic mass is 32.1. The van der Waals surface area contributed by atoms with Crippen LogP contribution in [0.1, 0.15) is 35.6 Å². The zero-order valence-electron chi connectivity index (χ0n) is 14.3. The summed E-state index contributed by atoms with van der Waals surface area (Å²) < 4.78 is 2.50. The van der Waals surface area contributed by atoms with E-state index in [-0.39, 0.29) is 11.8 Å². The number of aromatic amines is 1. The molecule has 1 aromatic carbocycles. The van der Waals surface area contributed by atoms with Gasteiger partial charge in [0, 0.05) is 44.2 Å². The van der Waals surface area contributed by atoms with E-state index in [1.54, 1.807) is 17.9 Å². The van der Waals surface area contributed by atoms with Gasteiger partial charge in [0.15, 0.2) is 4.77 Å². The van der Waals surface area contributed by atoms with E-state index in [2.05, 4.69) is 15.5 Å². The van der Waals surface area contributed by atoms with Crippen molar-refractivity contribution in [3.63, 3.8) is 0 Å². The van der Waals surface area contributed by atoms with Gasteiger partial charge >= 0.3 is 0 Å². The average molecular weight is 359 g/mol. The molecule has 1 aromatic heterocycles. The third kappa shape index (κ3) is 3.48. The fourth-order valence-corrected chi connectivity index (χ4v) is 3.41. The normalized spacial score (nSPS) is 13.0. The van der Waals surface area contributed by atoms with Gasteiger partial charge in [-0.25, -0.2) is 0 Å². The standard InChI is InChI=1S/C17H21N5O2S/c1-3-21-15(19-20-17(21)25)6-8-18-16(24)13-4-5-14-12(10-13)7-9-22(14)11(2)23/h4-5,10H,3,6-9H2,1-2H3,(H,18,24)(H,20,25). The summed E-state index contributed by atoms with van der Waals surface area (Å²) in [7, 11) is 0. The van der Waals surface area contributed by atoms with Crippen molar-refractivity contribution in [2.24, 2.45) is 0 Å². The van der Waals surface area contributed by atoms with E-state index < -0.39 is 0 Å². The largest absolute Gasteiger partial charge is 0.352 e. The molecular formula is C17H21N5O2S. The van der Waals surface area contributed by atoms with E-state index in [4.69, 9.17) is 12.2 Å². The monoisotopic (exact) mass is 359 g/mol. The molecule has 2 heterocycles. The SMILES string of the molecule is CCn1c(CCNC(=O)c2ccc3c(c2)CCN3C(C)=O)n[nH]c1=S. The summed E-state index contributed by atoms with van der Waals surface area (Å²) in [4.78, 5) is 25.7. The summed E-state index contributed by atoms with van der Waals surface area (Å²) in [6, 6.07) is 5.48. The number of H-pyrrole nitrogens is 1. The first-order valence-electron chi connectivity index (χ1n) is 8.34. The Bertz CT molecular complexity index is 870. The van der Waals surface area contributed by atoms with Crippen LogP contribution in [0.4, 0.5) is 5.69 Å². The molecule has 2 N–H and O–H groups in total. The van der Waals surface area contributed by atoms with E-state index in [1.807, 2.05) is 23.6 Å². The number of amides is 2. The molecule has 1 aliphatic heterocycles. The van der Waals surface area contributed by atoms with Gasteiger partial charge < -0.3 is 14.8 Å². The molecular weight excluding hydrogens is 338 g/mol. The second kappa shape index (κ2) is 7.18. The molecule has 0 bridgehead atoms. The van der Waals surface area contributed by atoms with E-state index in [1.165, 1.54) is 0 Å². The van der Waals surface area contributed by atoms with Gasteiger partial charge in [-0.1, -0.05) is 0 Å². The van der Waals surface area contributed by atoms with Gasteiger partial charge in [-0.2, -0.15) is 5.10 Å². The Morgan fingerprint density at radius 2 is 2.20 bits per heavy atom. The molecule has 132 valence electrons. The van der Waals surface area contributed by atoms with Crippen LogP contribution in [-0.2, 0) is 24.2 Å². The minimum absolute atomic E-state index is 0.0280. The maximum Gasteiger partial charge on any atom is 0.251 e. The molecule has 0 aliphatic carbocycles. The van der Waals surface area contributed by atoms with Crippen molar-refractivity contribution in [3.05, 3.63) is 39.9 Å². The number of nitrogens with one attached hydrogen (secondary N) is 2. The molecule has 2 amide bonds. The Kier molecular flexibility index (Phi) is 4.98. The number of anilines is 1. The van der Waals surface area contributed by atoms with E-state index >= 15 is 0 Å². The van der Waals surface area contributed by atoms with Crippen LogP contribution in [-0.4, -0.2) is 39.7 Å². The Balaban J connectivity index is 1.62. The Hall–Kier alpha value is -2.48. The molecule has 2 aromatic rings. The van der Waals surface area contributed by atoms with Crippen LogP contribution < -0.4 is 10.2 Å². The zero-order valence-corrected chi connectivity index (χ0v) is 15.2. The number of aromatic nitrogens is 3. The van der Waals surface area contributed by atoms with Gasteiger partial charge in [0.1, 0.15) is 5.82 Å². The third-order valence-corrected chi connectivity index (χ3v) is 4.72. The first-order valence-corrected chi connectivity index (χ1v) is 8.75. The van der Waals surface area contributed by atoms with Crippen molar-refractivity contribution in [2.75, 3.05) is 18.0 Å². The maximum absolute atomic E-state index is 12.4. The molecule has 0 atom stereocenters. The number of carbonyl (C=O) groups is 2. The number of nitrogens with zero attached hydrogens (tertiary/aromatic N) is 3. The summed E-state index contributed by atoms with van der Waals surface area (Å²) in [5.41, 5.74) is 2.55. The molecule has 0 unspecified atom stereocenters. The van der Waals surface area contributed by atoms with Crippen molar-refractivity contribution < 1.29 is 9.59 Å². The number of fused-ring (bicyclic) bond motifs is 1. The second-order valence-corrected chi connectivity index (χ2v) is 6.35. The molecule has 0 spiro atoms. The number of hydrogen-bond donors (Lipinski definition) is 2. The molecule has 1 aliphatic rings. The highest BCUT2D eigenvalue weighted by Gasteiger charge is 2.23. The summed E-state index contributed by atoms with van der Waals surface area (Å²) in [5.74, 6) is 0.736. The fourth-order valence-electron chi connectivity index (χ4n) is 3.13. The Morgan fingerprint density at radius 1 is 1.40 bits per heavy atom. The van der Waals surface area contributed by atoms with Crippen molar-refractivity contribution in [1.29, 1.82) is 0 Å². The molecule has 0 saturated carbocycles. The maximum atomic E-state index is 12.4. The van der Waals surface area contributed by atoms with E-state index in [0.717, 1.165) is 30.0 Å². The fraction of sp³-hybridized carbons (Fsp3) is 0.412. The second-order valence-electron chi connectivity index (χ2n) is 5.96. The van der Waals surface area contributed by atoms with Crippen LogP contribution in [0.15, 0.2) is 18.2 Å². The highest BCUT2D eigenvalue weighted by Crippen LogP contribution is 2.28. The zero-order chi connectivity index (χ0) is 18.0. The molecule has 7 nitrogen and oxygen atoms in total. The molecule has 25 heavy (non-hydrogen) atoms. The average Bonchev–Trinajstić information content (AvgIpc) is 3.17. The van der Waals surface area contributed by atoms with E-state index in [9.17, 15) is 9.59 Å². The highest BCUT2D eigenvalue weighted by molar-refractivity contribution is 7.71. The van der Waals surface area contributed by atoms with Gasteiger partial charge in [0.2, 0.25) is 5.91 Å². The predicted molar refractivity (Wildman–Crippen MR) is 97.3 cm³/mol. The van der Waals surface area contributed by atoms with Gasteiger partial charge in [0.05, 0.1) is 0 Å². The number of carbonyl (C=O) groups excluding carboxylic acids is 2. The Labute approximate surface area is 151 Å². The molecule has 0 fully saturated rings. The van der Waals surface area contributed by atoms with Gasteiger partial charge in [-0.3, -0.25) is 14.7 Å². The first-order chi connectivity index (χ1) is 12.0. The van der Waals surface area contributed by atoms with Crippen LogP contribution in [0.25, 0.3) is 0 Å². The summed E-state index contributed by atoms with van der Waals surface area (Å²) in [6.07, 6.45) is 1.39. The van der Waals surface area contributed by atoms with Gasteiger partial charge in [-0.05, 0) is 49.3 Å². The minimum atomic E-state index is -0.124. The number of benzene rings is 1. The van der Waals surface area contributed by atoms with E-state index in [0.29, 0.717) is 29.8 Å². The number of hydrogen-bond acceptors (Lipinski definition) is 4. The van der Waals surface area contributed by atoms with Crippen molar-refractivity contribution in [3.8, 4) is 0 Å². The number of rotatable bonds is 5. The van der Waals surface area contributed by atoms with Crippen LogP contribution in [0, 0.1) is 4.77 Å². The van der Waals surface area contributed by atoms with Crippen molar-refractivity contribution in [2.45, 2.75) is 33.2 Å². The van der Waals surface area contributed by atoms with Crippen LogP contribution in [0.5, 0.6) is 0 Å². The van der Waals surface area contributed by atoms with Gasteiger partial charge in [0.25, 0.3) is 5.91 Å². The molecule has 0 radical (unpaired) electrons. The van der Waals surface area contributed by atoms with Crippen molar-refractivity contribution >= 4 is 29.7 Å². The van der Waals surface area contributed by atoms with Crippen LogP contribution in [0.2, 0.25) is 0 Å². The first kappa shape index (κ1) is 17.3. The quantitative estimate of drug-likeness (QED) is 0.798. The third-order valence-electron chi connectivity index (χ3n) is 4.41. The molecule has 3 rings (SSSR count). The summed E-state index contributed by atoms with van der Waals surface area (Å²) in [5, 5.41) is 9.87. The smallest absolute Gasteiger partial charge is 0.251 e. The Morgan fingerprint density at radius 3 is 2.92 bits per heavy atom. The lowest BCUT2D eigenvalue weighted by Gasteiger charge is -2.14. The summed E-state index contributed by atoms with van der Waals surface area (Å²) >= 11 is 5.15. The molecule has 0 saturated heterocycles. The lowest BCUT2D eigenvalue weighted by molar-refractivity contribution is -0.116. The summed E-state index contributed by atoms with van der Waals surface area (Å²) in [6.45, 7) is 5.46. The predicted octanol–water partition coefficient (Wildman–Crippen LogP) is 1.84. The lowest BCUT2D eigenvalue weighted by atomic mass is 10.1.